The molecule has 2 amide bonds. The Labute approximate surface area is 126 Å². The predicted octanol–water partition coefficient (Wildman–Crippen LogP) is 1.34. The number of hydrogen-bond acceptors (Lipinski definition) is 4. The maximum atomic E-state index is 12.1. The Morgan fingerprint density at radius 3 is 2.77 bits per heavy atom. The number of amides is 2. The van der Waals surface area contributed by atoms with E-state index < -0.39 is 12.0 Å². The smallest absolute Gasteiger partial charge is 0.312 e. The van der Waals surface area contributed by atoms with Crippen molar-refractivity contribution in [2.24, 2.45) is 5.73 Å². The number of aromatic nitrogens is 1. The molecule has 0 aliphatic carbocycles. The number of aromatic amines is 1. The van der Waals surface area contributed by atoms with Gasteiger partial charge in [0.1, 0.15) is 0 Å². The van der Waals surface area contributed by atoms with Gasteiger partial charge in [0.25, 0.3) is 0 Å². The Hall–Kier alpha value is -2.83. The Balaban J connectivity index is 1.80. The summed E-state index contributed by atoms with van der Waals surface area (Å²) in [5.41, 5.74) is 6.25. The number of para-hydroxylation sites is 1. The second-order valence-corrected chi connectivity index (χ2v) is 4.73. The molecular weight excluding hydrogens is 286 g/mol. The SMILES string of the molecule is NC(=O)NCCCC(=O)OCC(=O)c1c[nH]c2ccccc12. The summed E-state index contributed by atoms with van der Waals surface area (Å²) in [5.74, 6) is -0.750. The highest BCUT2D eigenvalue weighted by Gasteiger charge is 2.14. The summed E-state index contributed by atoms with van der Waals surface area (Å²) >= 11 is 0. The average Bonchev–Trinajstić information content (AvgIpc) is 2.93. The monoisotopic (exact) mass is 303 g/mol. The van der Waals surface area contributed by atoms with Gasteiger partial charge in [-0.1, -0.05) is 18.2 Å². The maximum absolute atomic E-state index is 12.1. The molecule has 0 radical (unpaired) electrons. The molecule has 1 aromatic heterocycles. The van der Waals surface area contributed by atoms with E-state index in [4.69, 9.17) is 10.5 Å². The topological polar surface area (TPSA) is 114 Å². The number of urea groups is 1. The fourth-order valence-electron chi connectivity index (χ4n) is 2.04. The molecule has 7 heteroatoms. The molecule has 0 spiro atoms. The zero-order valence-electron chi connectivity index (χ0n) is 11.9. The first kappa shape index (κ1) is 15.6. The molecule has 2 rings (SSSR count). The summed E-state index contributed by atoms with van der Waals surface area (Å²) in [6, 6.07) is 6.76. The molecule has 1 aromatic carbocycles. The van der Waals surface area contributed by atoms with Crippen LogP contribution in [0.2, 0.25) is 0 Å². The van der Waals surface area contributed by atoms with Crippen LogP contribution in [0.4, 0.5) is 4.79 Å². The van der Waals surface area contributed by atoms with E-state index in [1.807, 2.05) is 24.3 Å². The molecule has 0 saturated carbocycles. The molecule has 0 saturated heterocycles. The third kappa shape index (κ3) is 4.08. The van der Waals surface area contributed by atoms with E-state index in [-0.39, 0.29) is 18.8 Å². The van der Waals surface area contributed by atoms with Gasteiger partial charge in [-0.15, -0.1) is 0 Å². The van der Waals surface area contributed by atoms with Gasteiger partial charge in [-0.25, -0.2) is 4.79 Å². The fourth-order valence-corrected chi connectivity index (χ4v) is 2.04. The van der Waals surface area contributed by atoms with Crippen LogP contribution in [0.25, 0.3) is 10.9 Å². The molecule has 22 heavy (non-hydrogen) atoms. The summed E-state index contributed by atoms with van der Waals surface area (Å²) in [6.07, 6.45) is 2.13. The number of carbonyl (C=O) groups excluding carboxylic acids is 3. The van der Waals surface area contributed by atoms with Gasteiger partial charge in [0.2, 0.25) is 5.78 Å². The Morgan fingerprint density at radius 2 is 2.00 bits per heavy atom. The number of nitrogens with one attached hydrogen (secondary N) is 2. The van der Waals surface area contributed by atoms with Crippen LogP contribution in [-0.2, 0) is 9.53 Å². The fraction of sp³-hybridized carbons (Fsp3) is 0.267. The summed E-state index contributed by atoms with van der Waals surface area (Å²) in [7, 11) is 0. The van der Waals surface area contributed by atoms with Crippen molar-refractivity contribution in [3.8, 4) is 0 Å². The highest BCUT2D eigenvalue weighted by molar-refractivity contribution is 6.08. The molecule has 0 aliphatic heterocycles. The second kappa shape index (κ2) is 7.26. The van der Waals surface area contributed by atoms with Crippen LogP contribution in [-0.4, -0.2) is 35.9 Å². The first-order valence-electron chi connectivity index (χ1n) is 6.86. The van der Waals surface area contributed by atoms with Gasteiger partial charge >= 0.3 is 12.0 Å². The number of Topliss-reactive ketones (excluding diaryl/α,β-unsaturated/α-hetero) is 1. The summed E-state index contributed by atoms with van der Waals surface area (Å²) in [5, 5.41) is 3.17. The van der Waals surface area contributed by atoms with Crippen molar-refractivity contribution in [1.82, 2.24) is 10.3 Å². The van der Waals surface area contributed by atoms with Gasteiger partial charge < -0.3 is 20.8 Å². The van der Waals surface area contributed by atoms with Gasteiger partial charge in [-0.2, -0.15) is 0 Å². The number of H-pyrrole nitrogens is 1. The van der Waals surface area contributed by atoms with Crippen molar-refractivity contribution < 1.29 is 19.1 Å². The first-order chi connectivity index (χ1) is 10.6. The lowest BCUT2D eigenvalue weighted by molar-refractivity contribution is -0.142. The second-order valence-electron chi connectivity index (χ2n) is 4.73. The van der Waals surface area contributed by atoms with E-state index in [9.17, 15) is 14.4 Å². The third-order valence-electron chi connectivity index (χ3n) is 3.11. The largest absolute Gasteiger partial charge is 0.457 e. The number of nitrogens with two attached hydrogens (primary N) is 1. The summed E-state index contributed by atoms with van der Waals surface area (Å²) < 4.78 is 4.94. The van der Waals surface area contributed by atoms with Crippen molar-refractivity contribution in [2.75, 3.05) is 13.2 Å². The molecule has 0 bridgehead atoms. The lowest BCUT2D eigenvalue weighted by atomic mass is 10.1. The minimum absolute atomic E-state index is 0.113. The van der Waals surface area contributed by atoms with Crippen LogP contribution in [0.1, 0.15) is 23.2 Å². The third-order valence-corrected chi connectivity index (χ3v) is 3.11. The van der Waals surface area contributed by atoms with Gasteiger partial charge in [-0.05, 0) is 12.5 Å². The Kier molecular flexibility index (Phi) is 5.13. The normalized spacial score (nSPS) is 10.4. The van der Waals surface area contributed by atoms with Gasteiger partial charge in [0, 0.05) is 35.6 Å². The lowest BCUT2D eigenvalue weighted by Crippen LogP contribution is -2.30. The van der Waals surface area contributed by atoms with Gasteiger partial charge in [-0.3, -0.25) is 9.59 Å². The van der Waals surface area contributed by atoms with Crippen LogP contribution in [0.3, 0.4) is 0 Å². The van der Waals surface area contributed by atoms with Gasteiger partial charge in [0.15, 0.2) is 6.61 Å². The molecule has 0 atom stereocenters. The molecule has 116 valence electrons. The van der Waals surface area contributed by atoms with E-state index in [1.165, 1.54) is 0 Å². The van der Waals surface area contributed by atoms with E-state index >= 15 is 0 Å². The predicted molar refractivity (Wildman–Crippen MR) is 80.4 cm³/mol. The zero-order valence-corrected chi connectivity index (χ0v) is 11.9. The zero-order chi connectivity index (χ0) is 15.9. The number of benzene rings is 1. The highest BCUT2D eigenvalue weighted by atomic mass is 16.5. The lowest BCUT2D eigenvalue weighted by Gasteiger charge is -2.04. The molecular formula is C15H17N3O4. The number of carbonyl (C=O) groups is 3. The number of primary amides is 1. The number of rotatable bonds is 7. The number of hydrogen-bond donors (Lipinski definition) is 3. The molecule has 0 fully saturated rings. The molecule has 0 aliphatic rings. The first-order valence-corrected chi connectivity index (χ1v) is 6.86. The minimum atomic E-state index is -0.636. The van der Waals surface area contributed by atoms with Crippen molar-refractivity contribution in [3.63, 3.8) is 0 Å². The highest BCUT2D eigenvalue weighted by Crippen LogP contribution is 2.18. The molecule has 2 aromatic rings. The van der Waals surface area contributed by atoms with E-state index in [0.717, 1.165) is 10.9 Å². The van der Waals surface area contributed by atoms with Gasteiger partial charge in [0.05, 0.1) is 0 Å². The maximum Gasteiger partial charge on any atom is 0.312 e. The van der Waals surface area contributed by atoms with Crippen LogP contribution >= 0.6 is 0 Å². The summed E-state index contributed by atoms with van der Waals surface area (Å²) in [4.78, 5) is 37.0. The van der Waals surface area contributed by atoms with Crippen LogP contribution in [0, 0.1) is 0 Å². The van der Waals surface area contributed by atoms with E-state index in [0.29, 0.717) is 18.5 Å². The van der Waals surface area contributed by atoms with E-state index in [1.54, 1.807) is 6.20 Å². The number of ketones is 1. The summed E-state index contributed by atoms with van der Waals surface area (Å²) in [6.45, 7) is -0.00917. The van der Waals surface area contributed by atoms with E-state index in [2.05, 4.69) is 10.3 Å². The van der Waals surface area contributed by atoms with Crippen molar-refractivity contribution in [3.05, 3.63) is 36.0 Å². The number of fused-ring (bicyclic) bond motifs is 1. The van der Waals surface area contributed by atoms with Crippen molar-refractivity contribution in [1.29, 1.82) is 0 Å². The van der Waals surface area contributed by atoms with Crippen LogP contribution in [0.5, 0.6) is 0 Å². The quantitative estimate of drug-likeness (QED) is 0.407. The molecule has 7 nitrogen and oxygen atoms in total. The Morgan fingerprint density at radius 1 is 1.23 bits per heavy atom. The standard InChI is InChI=1S/C15H17N3O4/c16-15(21)17-7-3-6-14(20)22-9-13(19)11-8-18-12-5-2-1-4-10(11)12/h1-2,4-5,8,18H,3,6-7,9H2,(H3,16,17,21). The number of ether oxygens (including phenoxy) is 1. The van der Waals surface area contributed by atoms with Crippen LogP contribution < -0.4 is 11.1 Å². The number of esters is 1. The molecule has 0 unspecified atom stereocenters. The molecule has 1 heterocycles. The van der Waals surface area contributed by atoms with Crippen LogP contribution in [0.15, 0.2) is 30.5 Å². The van der Waals surface area contributed by atoms with Crippen molar-refractivity contribution in [2.45, 2.75) is 12.8 Å². The molecule has 4 N–H and O–H groups in total. The Bertz CT molecular complexity index is 693. The van der Waals surface area contributed by atoms with Crippen molar-refractivity contribution >= 4 is 28.7 Å². The average molecular weight is 303 g/mol. The minimum Gasteiger partial charge on any atom is -0.457 e.